The second-order valence-corrected chi connectivity index (χ2v) is 4.58. The Labute approximate surface area is 115 Å². The van der Waals surface area contributed by atoms with Gasteiger partial charge in [-0.2, -0.15) is 0 Å². The quantitative estimate of drug-likeness (QED) is 0.931. The van der Waals surface area contributed by atoms with Crippen molar-refractivity contribution in [2.24, 2.45) is 0 Å². The van der Waals surface area contributed by atoms with E-state index in [-0.39, 0.29) is 23.5 Å². The van der Waals surface area contributed by atoms with E-state index in [1.807, 2.05) is 19.1 Å². The minimum absolute atomic E-state index is 0.0137. The van der Waals surface area contributed by atoms with E-state index in [4.69, 9.17) is 17.3 Å². The van der Waals surface area contributed by atoms with Crippen molar-refractivity contribution in [1.29, 1.82) is 0 Å². The summed E-state index contributed by atoms with van der Waals surface area (Å²) in [5.74, 6) is -0.360. The molecule has 19 heavy (non-hydrogen) atoms. The van der Waals surface area contributed by atoms with Crippen LogP contribution in [0.2, 0.25) is 5.02 Å². The molecule has 2 rings (SSSR count). The van der Waals surface area contributed by atoms with Crippen LogP contribution in [0.4, 0.5) is 5.82 Å². The molecule has 6 nitrogen and oxygen atoms in total. The van der Waals surface area contributed by atoms with Gasteiger partial charge < -0.3 is 10.6 Å². The average Bonchev–Trinajstić information content (AvgIpc) is 2.83. The Kier molecular flexibility index (Phi) is 3.71. The summed E-state index contributed by atoms with van der Waals surface area (Å²) < 4.78 is 4.43. The molecule has 1 amide bonds. The first kappa shape index (κ1) is 13.4. The van der Waals surface area contributed by atoms with Crippen LogP contribution in [0, 0.1) is 0 Å². The normalized spacial score (nSPS) is 12.2. The first-order valence-corrected chi connectivity index (χ1v) is 5.99. The van der Waals surface area contributed by atoms with Crippen molar-refractivity contribution in [2.45, 2.75) is 13.0 Å². The number of carbonyl (C=O) groups is 1. The fraction of sp³-hybridized carbons (Fsp3) is 0.250. The number of hydrogen-bond donors (Lipinski definition) is 1. The molecule has 0 aliphatic rings. The fourth-order valence-electron chi connectivity index (χ4n) is 1.65. The van der Waals surface area contributed by atoms with Gasteiger partial charge in [0.05, 0.1) is 6.04 Å². The molecule has 2 aromatic rings. The number of rotatable bonds is 3. The Morgan fingerprint density at radius 2 is 2.00 bits per heavy atom. The Hall–Kier alpha value is -2.08. The molecule has 0 aliphatic heterocycles. The van der Waals surface area contributed by atoms with Crippen molar-refractivity contribution in [2.75, 3.05) is 12.8 Å². The molecule has 1 atom stereocenters. The zero-order valence-corrected chi connectivity index (χ0v) is 11.3. The third-order valence-electron chi connectivity index (χ3n) is 2.97. The Balaban J connectivity index is 2.19. The molecule has 0 spiro atoms. The highest BCUT2D eigenvalue weighted by molar-refractivity contribution is 6.30. The van der Waals surface area contributed by atoms with Crippen LogP contribution in [0.3, 0.4) is 0 Å². The minimum atomic E-state index is -0.346. The Morgan fingerprint density at radius 1 is 1.37 bits per heavy atom. The molecular formula is C12H13ClN4O2. The zero-order valence-electron chi connectivity index (χ0n) is 10.5. The van der Waals surface area contributed by atoms with Gasteiger partial charge in [0, 0.05) is 12.1 Å². The zero-order chi connectivity index (χ0) is 14.0. The molecule has 0 radical (unpaired) electrons. The van der Waals surface area contributed by atoms with Gasteiger partial charge in [0.25, 0.3) is 5.91 Å². The lowest BCUT2D eigenvalue weighted by Gasteiger charge is -2.24. The maximum absolute atomic E-state index is 12.2. The van der Waals surface area contributed by atoms with E-state index in [0.29, 0.717) is 5.02 Å². The summed E-state index contributed by atoms with van der Waals surface area (Å²) in [6.45, 7) is 1.89. The summed E-state index contributed by atoms with van der Waals surface area (Å²) in [7, 11) is 1.66. The molecule has 1 heterocycles. The van der Waals surface area contributed by atoms with E-state index in [2.05, 4.69) is 14.9 Å². The van der Waals surface area contributed by atoms with Crippen molar-refractivity contribution < 1.29 is 9.42 Å². The first-order valence-electron chi connectivity index (χ1n) is 5.61. The van der Waals surface area contributed by atoms with Crippen LogP contribution >= 0.6 is 11.6 Å². The SMILES string of the molecule is CC(c1ccc(Cl)cc1)N(C)C(=O)c1nonc1N. The van der Waals surface area contributed by atoms with E-state index in [1.54, 1.807) is 19.2 Å². The Bertz CT molecular complexity index is 582. The summed E-state index contributed by atoms with van der Waals surface area (Å²) >= 11 is 5.83. The predicted octanol–water partition coefficient (Wildman–Crippen LogP) is 2.14. The summed E-state index contributed by atoms with van der Waals surface area (Å²) in [4.78, 5) is 13.7. The molecule has 0 bridgehead atoms. The number of nitrogen functional groups attached to an aromatic ring is 1. The molecule has 1 aromatic heterocycles. The number of benzene rings is 1. The maximum Gasteiger partial charge on any atom is 0.280 e. The van der Waals surface area contributed by atoms with Crippen molar-refractivity contribution in [3.63, 3.8) is 0 Å². The number of nitrogens with zero attached hydrogens (tertiary/aromatic N) is 3. The van der Waals surface area contributed by atoms with E-state index in [0.717, 1.165) is 5.56 Å². The monoisotopic (exact) mass is 280 g/mol. The molecule has 1 aromatic carbocycles. The minimum Gasteiger partial charge on any atom is -0.379 e. The van der Waals surface area contributed by atoms with Crippen molar-refractivity contribution >= 4 is 23.3 Å². The standard InChI is InChI=1S/C12H13ClN4O2/c1-7(8-3-5-9(13)6-4-8)17(2)12(18)10-11(14)16-19-15-10/h3-7H,1-2H3,(H2,14,16). The molecule has 0 aliphatic carbocycles. The van der Waals surface area contributed by atoms with Gasteiger partial charge in [0.2, 0.25) is 11.5 Å². The second kappa shape index (κ2) is 5.27. The van der Waals surface area contributed by atoms with Gasteiger partial charge in [0.15, 0.2) is 0 Å². The van der Waals surface area contributed by atoms with Gasteiger partial charge in [-0.15, -0.1) is 0 Å². The second-order valence-electron chi connectivity index (χ2n) is 4.14. The van der Waals surface area contributed by atoms with E-state index in [9.17, 15) is 4.79 Å². The molecule has 2 N–H and O–H groups in total. The molecule has 100 valence electrons. The summed E-state index contributed by atoms with van der Waals surface area (Å²) in [5, 5.41) is 7.54. The molecule has 0 saturated heterocycles. The number of hydrogen-bond acceptors (Lipinski definition) is 5. The van der Waals surface area contributed by atoms with Crippen molar-refractivity contribution in [1.82, 2.24) is 15.2 Å². The molecule has 0 saturated carbocycles. The lowest BCUT2D eigenvalue weighted by molar-refractivity contribution is 0.0732. The summed E-state index contributed by atoms with van der Waals surface area (Å²) in [6.07, 6.45) is 0. The highest BCUT2D eigenvalue weighted by atomic mass is 35.5. The number of amides is 1. The highest BCUT2D eigenvalue weighted by Gasteiger charge is 2.24. The van der Waals surface area contributed by atoms with E-state index >= 15 is 0 Å². The molecule has 1 unspecified atom stereocenters. The number of anilines is 1. The van der Waals surface area contributed by atoms with E-state index in [1.165, 1.54) is 4.90 Å². The molecule has 7 heteroatoms. The number of nitrogens with two attached hydrogens (primary N) is 1. The number of aromatic nitrogens is 2. The van der Waals surface area contributed by atoms with Crippen molar-refractivity contribution in [3.8, 4) is 0 Å². The maximum atomic E-state index is 12.2. The van der Waals surface area contributed by atoms with Crippen molar-refractivity contribution in [3.05, 3.63) is 40.5 Å². The first-order chi connectivity index (χ1) is 9.00. The smallest absolute Gasteiger partial charge is 0.280 e. The van der Waals surface area contributed by atoms with E-state index < -0.39 is 0 Å². The Morgan fingerprint density at radius 3 is 2.53 bits per heavy atom. The molecule has 0 fully saturated rings. The van der Waals surface area contributed by atoms with Gasteiger partial charge in [0.1, 0.15) is 0 Å². The van der Waals surface area contributed by atoms with Crippen LogP contribution < -0.4 is 5.73 Å². The lowest BCUT2D eigenvalue weighted by Crippen LogP contribution is -2.30. The van der Waals surface area contributed by atoms with Crippen LogP contribution in [0.1, 0.15) is 29.0 Å². The third-order valence-corrected chi connectivity index (χ3v) is 3.22. The van der Waals surface area contributed by atoms with Gasteiger partial charge >= 0.3 is 0 Å². The third kappa shape index (κ3) is 2.68. The van der Waals surface area contributed by atoms with Crippen LogP contribution in [0.15, 0.2) is 28.9 Å². The highest BCUT2D eigenvalue weighted by Crippen LogP contribution is 2.22. The largest absolute Gasteiger partial charge is 0.379 e. The average molecular weight is 281 g/mol. The topological polar surface area (TPSA) is 85.2 Å². The summed E-state index contributed by atoms with van der Waals surface area (Å²) in [5.41, 5.74) is 6.48. The van der Waals surface area contributed by atoms with Gasteiger partial charge in [-0.05, 0) is 34.9 Å². The van der Waals surface area contributed by atoms with Crippen LogP contribution in [0.25, 0.3) is 0 Å². The number of halogens is 1. The lowest BCUT2D eigenvalue weighted by atomic mass is 10.1. The fourth-order valence-corrected chi connectivity index (χ4v) is 1.78. The number of carbonyl (C=O) groups excluding carboxylic acids is 1. The van der Waals surface area contributed by atoms with Gasteiger partial charge in [-0.1, -0.05) is 23.7 Å². The molecular weight excluding hydrogens is 268 g/mol. The van der Waals surface area contributed by atoms with Gasteiger partial charge in [-0.3, -0.25) is 4.79 Å². The van der Waals surface area contributed by atoms with Crippen LogP contribution in [0.5, 0.6) is 0 Å². The summed E-state index contributed by atoms with van der Waals surface area (Å²) in [6, 6.07) is 7.12. The van der Waals surface area contributed by atoms with Crippen LogP contribution in [-0.2, 0) is 0 Å². The van der Waals surface area contributed by atoms with Crippen LogP contribution in [-0.4, -0.2) is 28.2 Å². The van der Waals surface area contributed by atoms with Gasteiger partial charge in [-0.25, -0.2) is 4.63 Å². The predicted molar refractivity (Wildman–Crippen MR) is 70.7 cm³/mol.